The van der Waals surface area contributed by atoms with Crippen molar-refractivity contribution < 1.29 is 9.59 Å². The summed E-state index contributed by atoms with van der Waals surface area (Å²) in [4.78, 5) is 26.4. The van der Waals surface area contributed by atoms with Crippen LogP contribution < -0.4 is 10.6 Å². The second-order valence-electron chi connectivity index (χ2n) is 7.14. The number of halogens is 1. The lowest BCUT2D eigenvalue weighted by Crippen LogP contribution is -2.47. The molecule has 0 spiro atoms. The first-order valence-corrected chi connectivity index (χ1v) is 9.02. The number of rotatable bonds is 5. The average molecular weight is 344 g/mol. The van der Waals surface area contributed by atoms with Crippen molar-refractivity contribution in [1.29, 1.82) is 0 Å². The smallest absolute Gasteiger partial charge is 0.242 e. The van der Waals surface area contributed by atoms with Gasteiger partial charge in [-0.25, -0.2) is 0 Å². The first-order chi connectivity index (χ1) is 10.7. The van der Waals surface area contributed by atoms with Gasteiger partial charge in [0.25, 0.3) is 0 Å². The van der Waals surface area contributed by atoms with Gasteiger partial charge in [-0.15, -0.1) is 12.4 Å². The molecule has 23 heavy (non-hydrogen) atoms. The molecule has 3 rings (SSSR count). The molecule has 2 N–H and O–H groups in total. The van der Waals surface area contributed by atoms with Crippen molar-refractivity contribution in [3.63, 3.8) is 0 Å². The van der Waals surface area contributed by atoms with E-state index in [1.165, 1.54) is 25.7 Å². The van der Waals surface area contributed by atoms with Gasteiger partial charge in [0, 0.05) is 25.0 Å². The van der Waals surface area contributed by atoms with Crippen LogP contribution in [0.2, 0.25) is 0 Å². The summed E-state index contributed by atoms with van der Waals surface area (Å²) < 4.78 is 0. The molecule has 2 atom stereocenters. The van der Waals surface area contributed by atoms with Crippen LogP contribution in [0.15, 0.2) is 0 Å². The van der Waals surface area contributed by atoms with Crippen LogP contribution in [0.25, 0.3) is 0 Å². The zero-order chi connectivity index (χ0) is 15.4. The summed E-state index contributed by atoms with van der Waals surface area (Å²) in [7, 11) is 0. The van der Waals surface area contributed by atoms with E-state index in [4.69, 9.17) is 0 Å². The Balaban J connectivity index is 0.00000192. The number of carbonyl (C=O) groups is 2. The Hall–Kier alpha value is -0.810. The summed E-state index contributed by atoms with van der Waals surface area (Å²) in [5, 5.41) is 6.24. The lowest BCUT2D eigenvalue weighted by molar-refractivity contribution is -0.135. The number of amides is 2. The Bertz CT molecular complexity index is 399. The van der Waals surface area contributed by atoms with Crippen LogP contribution in [0.1, 0.15) is 57.8 Å². The van der Waals surface area contributed by atoms with Crippen LogP contribution in [0, 0.1) is 5.92 Å². The van der Waals surface area contributed by atoms with E-state index in [0.29, 0.717) is 18.5 Å². The highest BCUT2D eigenvalue weighted by Gasteiger charge is 2.37. The van der Waals surface area contributed by atoms with Crippen molar-refractivity contribution >= 4 is 24.2 Å². The van der Waals surface area contributed by atoms with Crippen LogP contribution in [0.5, 0.6) is 0 Å². The number of nitrogens with zero attached hydrogens (tertiary/aromatic N) is 1. The number of nitrogens with one attached hydrogen (secondary N) is 2. The lowest BCUT2D eigenvalue weighted by Gasteiger charge is -2.28. The van der Waals surface area contributed by atoms with E-state index >= 15 is 0 Å². The number of hydrogen-bond acceptors (Lipinski definition) is 3. The van der Waals surface area contributed by atoms with Crippen molar-refractivity contribution in [3.8, 4) is 0 Å². The molecule has 1 aliphatic carbocycles. The van der Waals surface area contributed by atoms with Crippen LogP contribution in [-0.2, 0) is 9.59 Å². The molecule has 2 amide bonds. The monoisotopic (exact) mass is 343 g/mol. The highest BCUT2D eigenvalue weighted by molar-refractivity contribution is 5.85. The number of hydrogen-bond donors (Lipinski definition) is 2. The molecular weight excluding hydrogens is 314 g/mol. The normalized spacial score (nSPS) is 27.4. The topological polar surface area (TPSA) is 61.4 Å². The molecule has 0 aromatic carbocycles. The second kappa shape index (κ2) is 8.88. The molecule has 3 fully saturated rings. The SMILES string of the molecule is Cl.O=C(CCC1CCCC1)NCC(=O)N1C2CCNCC1CC2. The second-order valence-corrected chi connectivity index (χ2v) is 7.14. The molecule has 0 aromatic rings. The van der Waals surface area contributed by atoms with Gasteiger partial charge in [-0.1, -0.05) is 25.7 Å². The Morgan fingerprint density at radius 3 is 2.57 bits per heavy atom. The largest absolute Gasteiger partial charge is 0.347 e. The lowest BCUT2D eigenvalue weighted by atomic mass is 10.0. The van der Waals surface area contributed by atoms with Gasteiger partial charge in [-0.05, 0) is 38.1 Å². The van der Waals surface area contributed by atoms with Gasteiger partial charge in [-0.2, -0.15) is 0 Å². The molecule has 1 saturated carbocycles. The van der Waals surface area contributed by atoms with E-state index in [-0.39, 0.29) is 30.8 Å². The molecule has 3 aliphatic rings. The van der Waals surface area contributed by atoms with Gasteiger partial charge in [0.15, 0.2) is 0 Å². The van der Waals surface area contributed by atoms with Crippen LogP contribution >= 0.6 is 12.4 Å². The van der Waals surface area contributed by atoms with Crippen molar-refractivity contribution in [1.82, 2.24) is 15.5 Å². The molecule has 6 heteroatoms. The molecular formula is C17H30ClN3O2. The highest BCUT2D eigenvalue weighted by Crippen LogP contribution is 2.29. The molecule has 2 unspecified atom stereocenters. The van der Waals surface area contributed by atoms with Crippen molar-refractivity contribution in [3.05, 3.63) is 0 Å². The summed E-state index contributed by atoms with van der Waals surface area (Å²) in [6.45, 7) is 2.08. The van der Waals surface area contributed by atoms with Crippen molar-refractivity contribution in [2.45, 2.75) is 69.9 Å². The van der Waals surface area contributed by atoms with Crippen molar-refractivity contribution in [2.24, 2.45) is 5.92 Å². The Morgan fingerprint density at radius 1 is 1.04 bits per heavy atom. The maximum absolute atomic E-state index is 12.5. The molecule has 132 valence electrons. The molecule has 0 radical (unpaired) electrons. The summed E-state index contributed by atoms with van der Waals surface area (Å²) in [5.41, 5.74) is 0. The third kappa shape index (κ3) is 4.83. The van der Waals surface area contributed by atoms with E-state index in [1.807, 2.05) is 4.90 Å². The standard InChI is InChI=1S/C17H29N3O2.ClH/c21-16(8-5-13-3-1-2-4-13)19-12-17(22)20-14-6-7-15(20)11-18-10-9-14;/h13-15,18H,1-12H2,(H,19,21);1H. The van der Waals surface area contributed by atoms with Crippen LogP contribution in [-0.4, -0.2) is 48.4 Å². The zero-order valence-electron chi connectivity index (χ0n) is 13.9. The highest BCUT2D eigenvalue weighted by atomic mass is 35.5. The van der Waals surface area contributed by atoms with Gasteiger partial charge in [0.05, 0.1) is 6.54 Å². The third-order valence-corrected chi connectivity index (χ3v) is 5.63. The fourth-order valence-electron chi connectivity index (χ4n) is 4.38. The predicted molar refractivity (Wildman–Crippen MR) is 92.6 cm³/mol. The van der Waals surface area contributed by atoms with Gasteiger partial charge in [0.1, 0.15) is 0 Å². The number of fused-ring (bicyclic) bond motifs is 2. The minimum atomic E-state index is 0. The van der Waals surface area contributed by atoms with Gasteiger partial charge < -0.3 is 15.5 Å². The Kier molecular flexibility index (Phi) is 7.15. The first-order valence-electron chi connectivity index (χ1n) is 9.02. The van der Waals surface area contributed by atoms with E-state index in [2.05, 4.69) is 10.6 Å². The molecule has 2 aliphatic heterocycles. The first kappa shape index (κ1) is 18.5. The van der Waals surface area contributed by atoms with Gasteiger partial charge in [-0.3, -0.25) is 9.59 Å². The third-order valence-electron chi connectivity index (χ3n) is 5.63. The van der Waals surface area contributed by atoms with Crippen LogP contribution in [0.4, 0.5) is 0 Å². The molecule has 2 heterocycles. The maximum Gasteiger partial charge on any atom is 0.242 e. The quantitative estimate of drug-likeness (QED) is 0.800. The van der Waals surface area contributed by atoms with E-state index in [1.54, 1.807) is 0 Å². The summed E-state index contributed by atoms with van der Waals surface area (Å²) >= 11 is 0. The minimum Gasteiger partial charge on any atom is -0.347 e. The summed E-state index contributed by atoms with van der Waals surface area (Å²) in [5.74, 6) is 0.875. The zero-order valence-corrected chi connectivity index (χ0v) is 14.7. The summed E-state index contributed by atoms with van der Waals surface area (Å²) in [6, 6.07) is 0.707. The summed E-state index contributed by atoms with van der Waals surface area (Å²) in [6.07, 6.45) is 10.00. The van der Waals surface area contributed by atoms with E-state index < -0.39 is 0 Å². The van der Waals surface area contributed by atoms with Crippen molar-refractivity contribution in [2.75, 3.05) is 19.6 Å². The fraction of sp³-hybridized carbons (Fsp3) is 0.882. The average Bonchev–Trinajstić information content (AvgIpc) is 3.09. The predicted octanol–water partition coefficient (Wildman–Crippen LogP) is 1.85. The molecule has 5 nitrogen and oxygen atoms in total. The molecule has 2 bridgehead atoms. The Morgan fingerprint density at radius 2 is 1.78 bits per heavy atom. The Labute approximate surface area is 145 Å². The van der Waals surface area contributed by atoms with Gasteiger partial charge >= 0.3 is 0 Å². The van der Waals surface area contributed by atoms with E-state index in [9.17, 15) is 9.59 Å². The molecule has 0 aromatic heterocycles. The van der Waals surface area contributed by atoms with E-state index in [0.717, 1.165) is 44.7 Å². The van der Waals surface area contributed by atoms with Gasteiger partial charge in [0.2, 0.25) is 11.8 Å². The minimum absolute atomic E-state index is 0. The molecule has 2 saturated heterocycles. The van der Waals surface area contributed by atoms with Crippen LogP contribution in [0.3, 0.4) is 0 Å². The fourth-order valence-corrected chi connectivity index (χ4v) is 4.38. The number of carbonyl (C=O) groups excluding carboxylic acids is 2. The maximum atomic E-state index is 12.5.